The van der Waals surface area contributed by atoms with Crippen LogP contribution in [0.4, 0.5) is 0 Å². The van der Waals surface area contributed by atoms with Crippen LogP contribution in [0.3, 0.4) is 0 Å². The van der Waals surface area contributed by atoms with Crippen LogP contribution in [0.25, 0.3) is 10.9 Å². The van der Waals surface area contributed by atoms with E-state index < -0.39 is 0 Å². The van der Waals surface area contributed by atoms with E-state index in [1.165, 1.54) is 0 Å². The molecule has 2 aromatic heterocycles. The first-order chi connectivity index (χ1) is 12.1. The smallest absolute Gasteiger partial charge is 0.193 e. The fourth-order valence-electron chi connectivity index (χ4n) is 3.74. The lowest BCUT2D eigenvalue weighted by molar-refractivity contribution is 0.0805. The second kappa shape index (κ2) is 6.11. The molecular weight excluding hydrogens is 316 g/mol. The highest BCUT2D eigenvalue weighted by Crippen LogP contribution is 2.22. The van der Waals surface area contributed by atoms with E-state index in [-0.39, 0.29) is 11.3 Å². The number of nitrogens with zero attached hydrogens (tertiary/aromatic N) is 4. The van der Waals surface area contributed by atoms with Gasteiger partial charge in [0.1, 0.15) is 6.61 Å². The Balaban J connectivity index is 1.92. The topological polar surface area (TPSA) is 61.9 Å². The van der Waals surface area contributed by atoms with Crippen molar-refractivity contribution < 1.29 is 4.74 Å². The predicted octanol–water partition coefficient (Wildman–Crippen LogP) is 2.60. The van der Waals surface area contributed by atoms with Crippen molar-refractivity contribution in [3.05, 3.63) is 57.4 Å². The van der Waals surface area contributed by atoms with Gasteiger partial charge in [0.15, 0.2) is 17.1 Å². The third-order valence-corrected chi connectivity index (χ3v) is 4.95. The van der Waals surface area contributed by atoms with Crippen LogP contribution in [-0.4, -0.2) is 25.9 Å². The average Bonchev–Trinajstić information content (AvgIpc) is 3.01. The number of rotatable bonds is 3. The number of ether oxygens (including phenoxy) is 1. The molecule has 25 heavy (non-hydrogen) atoms. The number of aromatic nitrogens is 4. The minimum atomic E-state index is 0.135. The molecule has 3 heterocycles. The number of hydrogen-bond acceptors (Lipinski definition) is 4. The molecule has 0 atom stereocenters. The van der Waals surface area contributed by atoms with Crippen molar-refractivity contribution in [3.63, 3.8) is 0 Å². The van der Waals surface area contributed by atoms with Gasteiger partial charge in [-0.2, -0.15) is 0 Å². The first-order valence-electron chi connectivity index (χ1n) is 8.68. The van der Waals surface area contributed by atoms with Gasteiger partial charge in [0.25, 0.3) is 0 Å². The van der Waals surface area contributed by atoms with Crippen molar-refractivity contribution in [1.29, 1.82) is 0 Å². The van der Waals surface area contributed by atoms with Crippen molar-refractivity contribution in [3.8, 4) is 0 Å². The molecule has 0 saturated carbocycles. The Hall–Kier alpha value is -2.47. The highest BCUT2D eigenvalue weighted by atomic mass is 16.5. The molecule has 130 valence electrons. The molecule has 0 fully saturated rings. The monoisotopic (exact) mass is 338 g/mol. The summed E-state index contributed by atoms with van der Waals surface area (Å²) in [5.41, 5.74) is 2.96. The molecule has 1 aliphatic heterocycles. The molecule has 3 aromatic rings. The maximum Gasteiger partial charge on any atom is 0.193 e. The predicted molar refractivity (Wildman–Crippen MR) is 95.8 cm³/mol. The maximum atomic E-state index is 12.9. The summed E-state index contributed by atoms with van der Waals surface area (Å²) in [5, 5.41) is 9.39. The minimum Gasteiger partial charge on any atom is -0.372 e. The van der Waals surface area contributed by atoms with E-state index in [1.54, 1.807) is 0 Å². The third kappa shape index (κ3) is 2.57. The number of benzene rings is 1. The molecule has 4 rings (SSSR count). The van der Waals surface area contributed by atoms with Gasteiger partial charge in [-0.15, -0.1) is 10.2 Å². The van der Waals surface area contributed by atoms with Crippen LogP contribution in [0.1, 0.15) is 42.7 Å². The van der Waals surface area contributed by atoms with Gasteiger partial charge < -0.3 is 13.9 Å². The van der Waals surface area contributed by atoms with Gasteiger partial charge >= 0.3 is 0 Å². The molecule has 0 N–H and O–H groups in total. The van der Waals surface area contributed by atoms with E-state index >= 15 is 0 Å². The second-order valence-corrected chi connectivity index (χ2v) is 6.82. The van der Waals surface area contributed by atoms with Gasteiger partial charge in [0.2, 0.25) is 0 Å². The van der Waals surface area contributed by atoms with Crippen molar-refractivity contribution in [2.75, 3.05) is 6.61 Å². The van der Waals surface area contributed by atoms with E-state index in [2.05, 4.69) is 33.2 Å². The third-order valence-electron chi connectivity index (χ3n) is 4.95. The molecule has 0 radical (unpaired) electrons. The zero-order valence-electron chi connectivity index (χ0n) is 14.8. The van der Waals surface area contributed by atoms with E-state index in [1.807, 2.05) is 31.2 Å². The van der Waals surface area contributed by atoms with E-state index in [4.69, 9.17) is 4.74 Å². The first-order valence-corrected chi connectivity index (χ1v) is 8.68. The quantitative estimate of drug-likeness (QED) is 0.736. The summed E-state index contributed by atoms with van der Waals surface area (Å²) in [6, 6.07) is 7.81. The highest BCUT2D eigenvalue weighted by molar-refractivity contribution is 5.80. The lowest BCUT2D eigenvalue weighted by atomic mass is 9.98. The summed E-state index contributed by atoms with van der Waals surface area (Å²) < 4.78 is 9.77. The summed E-state index contributed by atoms with van der Waals surface area (Å²) in [6.45, 7) is 8.72. The van der Waals surface area contributed by atoms with Crippen LogP contribution >= 0.6 is 0 Å². The minimum absolute atomic E-state index is 0.135. The van der Waals surface area contributed by atoms with Crippen LogP contribution in [0.5, 0.6) is 0 Å². The van der Waals surface area contributed by atoms with Gasteiger partial charge in [-0.25, -0.2) is 0 Å². The van der Waals surface area contributed by atoms with E-state index in [0.717, 1.165) is 40.4 Å². The Morgan fingerprint density at radius 2 is 2.04 bits per heavy atom. The molecule has 0 spiro atoms. The normalized spacial score (nSPS) is 14.2. The van der Waals surface area contributed by atoms with E-state index in [9.17, 15) is 4.79 Å². The highest BCUT2D eigenvalue weighted by Gasteiger charge is 2.20. The maximum absolute atomic E-state index is 12.9. The molecule has 0 saturated heterocycles. The first kappa shape index (κ1) is 16.0. The van der Waals surface area contributed by atoms with Gasteiger partial charge in [0.05, 0.1) is 18.7 Å². The van der Waals surface area contributed by atoms with Crippen LogP contribution in [0, 0.1) is 6.92 Å². The molecule has 6 heteroatoms. The van der Waals surface area contributed by atoms with Gasteiger partial charge in [0, 0.05) is 23.2 Å². The molecule has 0 amide bonds. The van der Waals surface area contributed by atoms with E-state index in [0.29, 0.717) is 19.8 Å². The van der Waals surface area contributed by atoms with Crippen LogP contribution < -0.4 is 5.43 Å². The fourth-order valence-corrected chi connectivity index (χ4v) is 3.74. The van der Waals surface area contributed by atoms with Crippen molar-refractivity contribution >= 4 is 10.9 Å². The molecule has 1 aromatic carbocycles. The van der Waals surface area contributed by atoms with Crippen LogP contribution in [0.2, 0.25) is 0 Å². The van der Waals surface area contributed by atoms with Crippen molar-refractivity contribution in [1.82, 2.24) is 19.3 Å². The standard InChI is InChI=1S/C19H22N4O2/c1-12(2)18-13(3)23(15-7-5-4-6-14(15)19(18)24)10-16-20-21-17-11-25-9-8-22(16)17/h4-7,12H,8-11H2,1-3H3. The molecule has 0 unspecified atom stereocenters. The molecule has 0 aliphatic carbocycles. The Kier molecular flexibility index (Phi) is 3.92. The Bertz CT molecular complexity index is 1000. The van der Waals surface area contributed by atoms with Gasteiger partial charge in [-0.1, -0.05) is 26.0 Å². The summed E-state index contributed by atoms with van der Waals surface area (Å²) in [4.78, 5) is 12.9. The largest absolute Gasteiger partial charge is 0.372 e. The average molecular weight is 338 g/mol. The SMILES string of the molecule is Cc1c(C(C)C)c(=O)c2ccccc2n1Cc1nnc2n1CCOC2. The molecule has 6 nitrogen and oxygen atoms in total. The lowest BCUT2D eigenvalue weighted by Crippen LogP contribution is -2.23. The lowest BCUT2D eigenvalue weighted by Gasteiger charge is -2.21. The number of fused-ring (bicyclic) bond motifs is 2. The molecular formula is C19H22N4O2. The molecule has 0 bridgehead atoms. The van der Waals surface area contributed by atoms with Crippen LogP contribution in [0.15, 0.2) is 29.1 Å². The van der Waals surface area contributed by atoms with Gasteiger partial charge in [-0.05, 0) is 25.0 Å². The summed E-state index contributed by atoms with van der Waals surface area (Å²) in [7, 11) is 0. The second-order valence-electron chi connectivity index (χ2n) is 6.82. The fraction of sp³-hybridized carbons (Fsp3) is 0.421. The van der Waals surface area contributed by atoms with Gasteiger partial charge in [-0.3, -0.25) is 4.79 Å². The Morgan fingerprint density at radius 3 is 2.84 bits per heavy atom. The zero-order chi connectivity index (χ0) is 17.6. The Labute approximate surface area is 146 Å². The molecule has 1 aliphatic rings. The zero-order valence-corrected chi connectivity index (χ0v) is 14.8. The summed E-state index contributed by atoms with van der Waals surface area (Å²) in [6.07, 6.45) is 0. The summed E-state index contributed by atoms with van der Waals surface area (Å²) >= 11 is 0. The summed E-state index contributed by atoms with van der Waals surface area (Å²) in [5.74, 6) is 1.95. The number of para-hydroxylation sites is 1. The number of pyridine rings is 1. The Morgan fingerprint density at radius 1 is 1.24 bits per heavy atom. The van der Waals surface area contributed by atoms with Crippen LogP contribution in [-0.2, 0) is 24.4 Å². The van der Waals surface area contributed by atoms with Crippen molar-refractivity contribution in [2.45, 2.75) is 46.4 Å². The van der Waals surface area contributed by atoms with Crippen molar-refractivity contribution in [2.24, 2.45) is 0 Å². The number of hydrogen-bond donors (Lipinski definition) is 0.